The van der Waals surface area contributed by atoms with Crippen LogP contribution in [-0.2, 0) is 11.2 Å². The zero-order chi connectivity index (χ0) is 20.1. The lowest BCUT2D eigenvalue weighted by atomic mass is 10.00. The topological polar surface area (TPSA) is 50.2 Å². The highest BCUT2D eigenvalue weighted by atomic mass is 19.1. The van der Waals surface area contributed by atoms with Gasteiger partial charge >= 0.3 is 0 Å². The second-order valence-electron chi connectivity index (χ2n) is 8.25. The fourth-order valence-electron chi connectivity index (χ4n) is 3.93. The first-order valence-electron chi connectivity index (χ1n) is 10.2. The van der Waals surface area contributed by atoms with Crippen LogP contribution in [0.15, 0.2) is 36.5 Å². The lowest BCUT2D eigenvalue weighted by Crippen LogP contribution is -2.41. The highest BCUT2D eigenvalue weighted by Gasteiger charge is 2.25. The summed E-state index contributed by atoms with van der Waals surface area (Å²) in [5.41, 5.74) is 1.17. The number of hydrogen-bond acceptors (Lipinski definition) is 3. The van der Waals surface area contributed by atoms with Gasteiger partial charge in [-0.05, 0) is 49.8 Å². The smallest absolute Gasteiger partial charge is 0.225 e. The Balaban J connectivity index is 1.53. The van der Waals surface area contributed by atoms with E-state index in [2.05, 4.69) is 22.2 Å². The lowest BCUT2D eigenvalue weighted by molar-refractivity contribution is -0.116. The van der Waals surface area contributed by atoms with Crippen LogP contribution in [0, 0.1) is 11.7 Å². The van der Waals surface area contributed by atoms with Crippen LogP contribution >= 0.6 is 0 Å². The molecule has 5 nitrogen and oxygen atoms in total. The Labute approximate surface area is 166 Å². The number of carbonyl (C=O) groups is 1. The molecule has 6 heteroatoms. The van der Waals surface area contributed by atoms with Crippen LogP contribution in [0.25, 0.3) is 0 Å². The van der Waals surface area contributed by atoms with E-state index >= 15 is 0 Å². The normalized spacial score (nSPS) is 17.0. The predicted molar refractivity (Wildman–Crippen MR) is 110 cm³/mol. The molecule has 1 aromatic carbocycles. The minimum atomic E-state index is -0.187. The van der Waals surface area contributed by atoms with E-state index in [9.17, 15) is 9.18 Å². The second kappa shape index (κ2) is 9.32. The summed E-state index contributed by atoms with van der Waals surface area (Å²) in [4.78, 5) is 14.6. The highest BCUT2D eigenvalue weighted by Crippen LogP contribution is 2.27. The fraction of sp³-hybridized carbons (Fsp3) is 0.545. The van der Waals surface area contributed by atoms with E-state index in [1.54, 1.807) is 6.20 Å². The van der Waals surface area contributed by atoms with Crippen molar-refractivity contribution >= 4 is 11.7 Å². The summed E-state index contributed by atoms with van der Waals surface area (Å²) in [6, 6.07) is 9.39. The van der Waals surface area contributed by atoms with Gasteiger partial charge in [-0.2, -0.15) is 5.10 Å². The quantitative estimate of drug-likeness (QED) is 0.773. The molecule has 0 spiro atoms. The van der Waals surface area contributed by atoms with Crippen LogP contribution in [0.1, 0.15) is 51.6 Å². The third-order valence-corrected chi connectivity index (χ3v) is 5.44. The third kappa shape index (κ3) is 5.41. The van der Waals surface area contributed by atoms with Gasteiger partial charge in [0.2, 0.25) is 5.91 Å². The average molecular weight is 387 g/mol. The summed E-state index contributed by atoms with van der Waals surface area (Å²) < 4.78 is 15.1. The largest absolute Gasteiger partial charge is 0.311 e. The third-order valence-electron chi connectivity index (χ3n) is 5.44. The number of rotatable bonds is 7. The molecule has 1 aromatic heterocycles. The van der Waals surface area contributed by atoms with Crippen molar-refractivity contribution in [3.05, 3.63) is 47.9 Å². The molecule has 0 saturated carbocycles. The Kier molecular flexibility index (Phi) is 6.83. The fourth-order valence-corrected chi connectivity index (χ4v) is 3.93. The maximum atomic E-state index is 13.1. The zero-order valence-electron chi connectivity index (χ0n) is 17.1. The Morgan fingerprint density at radius 2 is 1.86 bits per heavy atom. The van der Waals surface area contributed by atoms with Crippen LogP contribution in [0.2, 0.25) is 0 Å². The number of halogens is 1. The highest BCUT2D eigenvalue weighted by molar-refractivity contribution is 5.89. The van der Waals surface area contributed by atoms with Crippen molar-refractivity contribution in [3.8, 4) is 0 Å². The van der Waals surface area contributed by atoms with Gasteiger partial charge in [0.25, 0.3) is 0 Å². The minimum absolute atomic E-state index is 0.0436. The number of likely N-dealkylation sites (tertiary alicyclic amines) is 1. The first-order chi connectivity index (χ1) is 13.4. The molecule has 1 atom stereocenters. The van der Waals surface area contributed by atoms with Crippen molar-refractivity contribution in [2.24, 2.45) is 5.92 Å². The van der Waals surface area contributed by atoms with E-state index in [1.165, 1.54) is 17.7 Å². The molecule has 1 N–H and O–H groups in total. The van der Waals surface area contributed by atoms with E-state index < -0.39 is 0 Å². The molecule has 0 radical (unpaired) electrons. The van der Waals surface area contributed by atoms with Crippen LogP contribution in [0.3, 0.4) is 0 Å². The summed E-state index contributed by atoms with van der Waals surface area (Å²) >= 11 is 0. The van der Waals surface area contributed by atoms with Gasteiger partial charge in [-0.1, -0.05) is 26.0 Å². The molecule has 1 saturated heterocycles. The molecule has 2 aromatic rings. The summed E-state index contributed by atoms with van der Waals surface area (Å²) in [6.45, 7) is 8.30. The predicted octanol–water partition coefficient (Wildman–Crippen LogP) is 4.27. The molecule has 0 aliphatic carbocycles. The Morgan fingerprint density at radius 1 is 1.18 bits per heavy atom. The van der Waals surface area contributed by atoms with Crippen molar-refractivity contribution in [1.29, 1.82) is 0 Å². The van der Waals surface area contributed by atoms with Crippen molar-refractivity contribution in [1.82, 2.24) is 14.7 Å². The SMILES string of the molecule is CC(C)CC(=O)Nc1ccnn1C1CCN([C@H](C)Cc2ccc(F)cc2)CC1. The number of hydrogen-bond donors (Lipinski definition) is 1. The van der Waals surface area contributed by atoms with Crippen LogP contribution < -0.4 is 5.32 Å². The molecule has 2 heterocycles. The molecule has 1 fully saturated rings. The average Bonchev–Trinajstić information content (AvgIpc) is 3.11. The Hall–Kier alpha value is -2.21. The van der Waals surface area contributed by atoms with Crippen molar-refractivity contribution < 1.29 is 9.18 Å². The van der Waals surface area contributed by atoms with Gasteiger partial charge in [-0.15, -0.1) is 0 Å². The van der Waals surface area contributed by atoms with Crippen LogP contribution in [0.5, 0.6) is 0 Å². The number of anilines is 1. The van der Waals surface area contributed by atoms with Gasteiger partial charge in [-0.3, -0.25) is 4.79 Å². The van der Waals surface area contributed by atoms with Crippen molar-refractivity contribution in [2.75, 3.05) is 18.4 Å². The molecule has 3 rings (SSSR count). The van der Waals surface area contributed by atoms with E-state index in [0.717, 1.165) is 38.2 Å². The number of benzene rings is 1. The van der Waals surface area contributed by atoms with Gasteiger partial charge in [0.05, 0.1) is 12.2 Å². The maximum Gasteiger partial charge on any atom is 0.225 e. The number of nitrogens with one attached hydrogen (secondary N) is 1. The van der Waals surface area contributed by atoms with E-state index in [0.29, 0.717) is 24.4 Å². The Bertz CT molecular complexity index is 763. The molecular formula is C22H31FN4O. The van der Waals surface area contributed by atoms with Gasteiger partial charge in [-0.25, -0.2) is 9.07 Å². The summed E-state index contributed by atoms with van der Waals surface area (Å²) in [7, 11) is 0. The molecule has 28 heavy (non-hydrogen) atoms. The standard InChI is InChI=1S/C22H31FN4O/c1-16(2)14-22(28)25-21-8-11-24-27(21)20-9-12-26(13-10-20)17(3)15-18-4-6-19(23)7-5-18/h4-8,11,16-17,20H,9-10,12-15H2,1-3H3,(H,25,28)/t17-/m1/s1. The number of piperidine rings is 1. The summed E-state index contributed by atoms with van der Waals surface area (Å²) in [5, 5.41) is 7.47. The molecule has 1 amide bonds. The molecular weight excluding hydrogens is 355 g/mol. The number of carbonyl (C=O) groups excluding carboxylic acids is 1. The van der Waals surface area contributed by atoms with Gasteiger partial charge < -0.3 is 10.2 Å². The van der Waals surface area contributed by atoms with Crippen molar-refractivity contribution in [2.45, 2.75) is 58.5 Å². The molecule has 1 aliphatic heterocycles. The lowest BCUT2D eigenvalue weighted by Gasteiger charge is -2.36. The molecule has 0 bridgehead atoms. The van der Waals surface area contributed by atoms with Crippen molar-refractivity contribution in [3.63, 3.8) is 0 Å². The Morgan fingerprint density at radius 3 is 2.50 bits per heavy atom. The summed E-state index contributed by atoms with van der Waals surface area (Å²) in [5.74, 6) is 0.987. The van der Waals surface area contributed by atoms with Gasteiger partial charge in [0.1, 0.15) is 11.6 Å². The second-order valence-corrected chi connectivity index (χ2v) is 8.25. The number of nitrogens with zero attached hydrogens (tertiary/aromatic N) is 3. The zero-order valence-corrected chi connectivity index (χ0v) is 17.1. The van der Waals surface area contributed by atoms with E-state index in [-0.39, 0.29) is 11.7 Å². The van der Waals surface area contributed by atoms with Crippen LogP contribution in [0.4, 0.5) is 10.2 Å². The van der Waals surface area contributed by atoms with Gasteiger partial charge in [0.15, 0.2) is 0 Å². The number of aromatic nitrogens is 2. The first-order valence-corrected chi connectivity index (χ1v) is 10.2. The first kappa shape index (κ1) is 20.5. The van der Waals surface area contributed by atoms with Crippen LogP contribution in [-0.4, -0.2) is 39.7 Å². The number of amides is 1. The van der Waals surface area contributed by atoms with E-state index in [4.69, 9.17) is 0 Å². The van der Waals surface area contributed by atoms with E-state index in [1.807, 2.05) is 36.7 Å². The van der Waals surface area contributed by atoms with Gasteiger partial charge in [0, 0.05) is 31.6 Å². The minimum Gasteiger partial charge on any atom is -0.311 e. The maximum absolute atomic E-state index is 13.1. The molecule has 0 unspecified atom stereocenters. The molecule has 152 valence electrons. The monoisotopic (exact) mass is 386 g/mol. The summed E-state index contributed by atoms with van der Waals surface area (Å²) in [6.07, 6.45) is 5.20. The molecule has 1 aliphatic rings.